The zero-order chi connectivity index (χ0) is 81.6. The van der Waals surface area contributed by atoms with E-state index >= 15 is 0 Å². The Bertz CT molecular complexity index is 7610. The molecule has 0 amide bonds. The fourth-order valence-corrected chi connectivity index (χ4v) is 19.1. The maximum Gasteiger partial charge on any atom is 0.0794 e. The molecule has 0 fully saturated rings. The molecule has 4 heteroatoms. The van der Waals surface area contributed by atoms with Crippen LogP contribution < -0.4 is 0 Å². The molecule has 2 aliphatic carbocycles. The first kappa shape index (κ1) is 73.0. The van der Waals surface area contributed by atoms with Gasteiger partial charge in [0, 0.05) is 65.6 Å². The van der Waals surface area contributed by atoms with Crippen molar-refractivity contribution in [1.82, 2.24) is 19.9 Å². The standard InChI is InChI=1S/C60H40N2.C58H42N2/c1-5-15-41(16-6-1)44-25-29-46(30-26-44)54-39-56-55(40-59(62-60(56)53-24-14-13-23-52(53)54)50-33-27-45(28-34-50)42-17-7-2-8-18-42)47-31-35-49(36-32-47)58-38-51(43-19-9-3-10-20-43)37-57(61-58)48-21-11-4-12-22-48;1-57(2)49-18-10-8-15-41(49)43-28-25-38(31-51(43)57)46-33-48-47(35-21-23-37(24-22-35)54-30-27-36-13-5-12-20-53(36)59-54)34-55(60-56(48)45-17-7-6-14-40(45)46)39-26-29-44-42-16-9-11-19-50(42)58(3,4)52(44)32-39/h1-40H;5-34H,1-4H3. The van der Waals surface area contributed by atoms with Gasteiger partial charge in [0.2, 0.25) is 0 Å². The molecule has 0 saturated heterocycles. The quantitative estimate of drug-likeness (QED) is 0.114. The molecule has 0 N–H and O–H groups in total. The predicted octanol–water partition coefficient (Wildman–Crippen LogP) is 31.3. The molecular formula is C118H82N4. The van der Waals surface area contributed by atoms with Crippen LogP contribution in [0.5, 0.6) is 0 Å². The molecule has 0 unspecified atom stereocenters. The Labute approximate surface area is 711 Å². The summed E-state index contributed by atoms with van der Waals surface area (Å²) in [4.78, 5) is 21.3. The summed E-state index contributed by atoms with van der Waals surface area (Å²) in [6, 6.07) is 153. The van der Waals surface area contributed by atoms with E-state index in [9.17, 15) is 0 Å². The van der Waals surface area contributed by atoms with Crippen LogP contribution in [0.2, 0.25) is 0 Å². The molecule has 0 saturated carbocycles. The molecule has 4 heterocycles. The topological polar surface area (TPSA) is 51.6 Å². The zero-order valence-electron chi connectivity index (χ0n) is 68.2. The summed E-state index contributed by atoms with van der Waals surface area (Å²) in [6.45, 7) is 9.42. The number of pyridine rings is 4. The molecule has 574 valence electrons. The summed E-state index contributed by atoms with van der Waals surface area (Å²) in [6.07, 6.45) is 0. The van der Waals surface area contributed by atoms with E-state index < -0.39 is 0 Å². The number of para-hydroxylation sites is 1. The van der Waals surface area contributed by atoms with E-state index in [4.69, 9.17) is 19.9 Å². The van der Waals surface area contributed by atoms with E-state index in [2.05, 4.69) is 446 Å². The highest BCUT2D eigenvalue weighted by Gasteiger charge is 2.37. The lowest BCUT2D eigenvalue weighted by Gasteiger charge is -2.22. The molecule has 21 aromatic rings. The van der Waals surface area contributed by atoms with E-state index in [1.54, 1.807) is 0 Å². The van der Waals surface area contributed by atoms with Gasteiger partial charge in [-0.2, -0.15) is 0 Å². The third kappa shape index (κ3) is 12.9. The van der Waals surface area contributed by atoms with Gasteiger partial charge in [-0.3, -0.25) is 0 Å². The number of nitrogens with zero attached hydrogens (tertiary/aromatic N) is 4. The van der Waals surface area contributed by atoms with Gasteiger partial charge in [-0.25, -0.2) is 19.9 Å². The summed E-state index contributed by atoms with van der Waals surface area (Å²) >= 11 is 0. The van der Waals surface area contributed by atoms with Gasteiger partial charge in [-0.1, -0.05) is 392 Å². The fourth-order valence-electron chi connectivity index (χ4n) is 19.1. The number of benzene rings is 17. The van der Waals surface area contributed by atoms with Crippen molar-refractivity contribution in [3.63, 3.8) is 0 Å². The predicted molar refractivity (Wildman–Crippen MR) is 512 cm³/mol. The van der Waals surface area contributed by atoms with Crippen molar-refractivity contribution in [2.24, 2.45) is 0 Å². The minimum atomic E-state index is -0.109. The minimum absolute atomic E-state index is 0.0936. The summed E-state index contributed by atoms with van der Waals surface area (Å²) in [7, 11) is 0. The molecule has 17 aromatic carbocycles. The van der Waals surface area contributed by atoms with Gasteiger partial charge in [0.1, 0.15) is 0 Å². The van der Waals surface area contributed by atoms with E-state index in [0.717, 1.165) is 133 Å². The van der Waals surface area contributed by atoms with Gasteiger partial charge in [-0.15, -0.1) is 0 Å². The molecule has 4 aromatic heterocycles. The van der Waals surface area contributed by atoms with Crippen LogP contribution >= 0.6 is 0 Å². The number of rotatable bonds is 12. The van der Waals surface area contributed by atoms with Crippen LogP contribution in [0.25, 0.3) is 211 Å². The van der Waals surface area contributed by atoms with Gasteiger partial charge in [-0.05, 0) is 194 Å². The monoisotopic (exact) mass is 1550 g/mol. The lowest BCUT2D eigenvalue weighted by atomic mass is 9.81. The average molecular weight is 1560 g/mol. The van der Waals surface area contributed by atoms with E-state index in [1.165, 1.54) is 99.8 Å². The van der Waals surface area contributed by atoms with Crippen molar-refractivity contribution in [3.8, 4) is 156 Å². The lowest BCUT2D eigenvalue weighted by Crippen LogP contribution is -2.15. The Kier molecular flexibility index (Phi) is 17.9. The lowest BCUT2D eigenvalue weighted by molar-refractivity contribution is 0.660. The summed E-state index contributed by atoms with van der Waals surface area (Å²) < 4.78 is 0. The Balaban J connectivity index is 0.000000146. The second kappa shape index (κ2) is 29.9. The van der Waals surface area contributed by atoms with Gasteiger partial charge in [0.15, 0.2) is 0 Å². The van der Waals surface area contributed by atoms with Crippen LogP contribution in [-0.4, -0.2) is 19.9 Å². The van der Waals surface area contributed by atoms with Crippen molar-refractivity contribution in [2.45, 2.75) is 38.5 Å². The van der Waals surface area contributed by atoms with Crippen molar-refractivity contribution in [1.29, 1.82) is 0 Å². The van der Waals surface area contributed by atoms with E-state index in [0.29, 0.717) is 0 Å². The normalized spacial score (nSPS) is 12.7. The highest BCUT2D eigenvalue weighted by Crippen LogP contribution is 2.53. The molecule has 0 bridgehead atoms. The highest BCUT2D eigenvalue weighted by atomic mass is 14.7. The third-order valence-electron chi connectivity index (χ3n) is 25.6. The number of fused-ring (bicyclic) bond motifs is 13. The molecular weight excluding hydrogens is 1470 g/mol. The summed E-state index contributed by atoms with van der Waals surface area (Å²) in [5.74, 6) is 0. The number of hydrogen-bond acceptors (Lipinski definition) is 4. The molecule has 0 aliphatic heterocycles. The first-order valence-electron chi connectivity index (χ1n) is 42.2. The largest absolute Gasteiger partial charge is 0.248 e. The van der Waals surface area contributed by atoms with Crippen LogP contribution in [0.3, 0.4) is 0 Å². The first-order valence-corrected chi connectivity index (χ1v) is 42.2. The Hall–Kier alpha value is -15.4. The minimum Gasteiger partial charge on any atom is -0.248 e. The average Bonchev–Trinajstić information content (AvgIpc) is 1.38. The van der Waals surface area contributed by atoms with Crippen molar-refractivity contribution < 1.29 is 0 Å². The van der Waals surface area contributed by atoms with Crippen LogP contribution in [0, 0.1) is 0 Å². The Morgan fingerprint density at radius 3 is 0.951 bits per heavy atom. The molecule has 0 radical (unpaired) electrons. The summed E-state index contributed by atoms with van der Waals surface area (Å²) in [5.41, 5.74) is 40.2. The number of hydrogen-bond donors (Lipinski definition) is 0. The fraction of sp³-hybridized carbons (Fsp3) is 0.0508. The maximum atomic E-state index is 5.61. The first-order chi connectivity index (χ1) is 59.9. The molecule has 2 aliphatic rings. The van der Waals surface area contributed by atoms with Gasteiger partial charge in [0.05, 0.1) is 45.0 Å². The van der Waals surface area contributed by atoms with Gasteiger partial charge in [0.25, 0.3) is 0 Å². The van der Waals surface area contributed by atoms with Crippen LogP contribution in [-0.2, 0) is 10.8 Å². The highest BCUT2D eigenvalue weighted by molar-refractivity contribution is 6.18. The van der Waals surface area contributed by atoms with Crippen LogP contribution in [0.4, 0.5) is 0 Å². The Morgan fingerprint density at radius 2 is 0.467 bits per heavy atom. The van der Waals surface area contributed by atoms with Crippen molar-refractivity contribution in [2.75, 3.05) is 0 Å². The van der Waals surface area contributed by atoms with Crippen LogP contribution in [0.1, 0.15) is 49.9 Å². The second-order valence-corrected chi connectivity index (χ2v) is 33.5. The van der Waals surface area contributed by atoms with E-state index in [-0.39, 0.29) is 10.8 Å². The smallest absolute Gasteiger partial charge is 0.0794 e. The number of aromatic nitrogens is 4. The van der Waals surface area contributed by atoms with Gasteiger partial charge >= 0.3 is 0 Å². The van der Waals surface area contributed by atoms with E-state index in [1.807, 2.05) is 6.07 Å². The Morgan fingerprint density at radius 1 is 0.156 bits per heavy atom. The molecule has 0 atom stereocenters. The molecule has 4 nitrogen and oxygen atoms in total. The zero-order valence-corrected chi connectivity index (χ0v) is 68.2. The maximum absolute atomic E-state index is 5.61. The van der Waals surface area contributed by atoms with Crippen molar-refractivity contribution in [3.05, 3.63) is 447 Å². The molecule has 122 heavy (non-hydrogen) atoms. The van der Waals surface area contributed by atoms with Crippen LogP contribution in [0.15, 0.2) is 425 Å². The van der Waals surface area contributed by atoms with Crippen molar-refractivity contribution >= 4 is 54.3 Å². The molecule has 0 spiro atoms. The summed E-state index contributed by atoms with van der Waals surface area (Å²) in [5, 5.41) is 8.06. The van der Waals surface area contributed by atoms with Gasteiger partial charge < -0.3 is 0 Å². The second-order valence-electron chi connectivity index (χ2n) is 33.5. The molecule has 23 rings (SSSR count). The SMILES string of the molecule is CC1(C)c2ccccc2-c2ccc(-c3cc(-c4ccc(-c5ccc6ccccc6n5)cc4)c4cc(-c5ccc6c(c5)C(C)(C)c5ccccc5-6)c5ccccc5c4n3)cc21.c1ccc(-c2ccc(-c3cc(-c4ccc(-c5cc(-c6ccccc6)cc(-c6ccccc6)n5)cc4)c4cc(-c5ccc(-c6ccccc6)cc5)c5ccccc5c4n3)cc2)cc1. The third-order valence-corrected chi connectivity index (χ3v) is 25.6.